The average Bonchev–Trinajstić information content (AvgIpc) is 2.90. The van der Waals surface area contributed by atoms with E-state index >= 15 is 0 Å². The molecule has 3 aromatic rings. The number of methoxy groups -OCH3 is 1. The highest BCUT2D eigenvalue weighted by Crippen LogP contribution is 2.32. The smallest absolute Gasteiger partial charge is 0.336 e. The van der Waals surface area contributed by atoms with Crippen LogP contribution >= 0.6 is 0 Å². The van der Waals surface area contributed by atoms with E-state index in [1.165, 1.54) is 49.7 Å². The van der Waals surface area contributed by atoms with E-state index in [1.807, 2.05) is 20.8 Å². The Bertz CT molecular complexity index is 1410. The monoisotopic (exact) mass is 533 g/mol. The Morgan fingerprint density at radius 1 is 1.03 bits per heavy atom. The zero-order chi connectivity index (χ0) is 28.9. The summed E-state index contributed by atoms with van der Waals surface area (Å²) in [6.45, 7) is 5.31. The van der Waals surface area contributed by atoms with Gasteiger partial charge in [0.25, 0.3) is 11.8 Å². The van der Waals surface area contributed by atoms with Gasteiger partial charge < -0.3 is 31.3 Å². The highest BCUT2D eigenvalue weighted by atomic mass is 16.5. The number of rotatable bonds is 9. The van der Waals surface area contributed by atoms with Gasteiger partial charge in [-0.1, -0.05) is 26.8 Å². The quantitative estimate of drug-likeness (QED) is 0.179. The summed E-state index contributed by atoms with van der Waals surface area (Å²) < 4.78 is 5.27. The van der Waals surface area contributed by atoms with Crippen molar-refractivity contribution in [3.8, 4) is 16.9 Å². The lowest BCUT2D eigenvalue weighted by Crippen LogP contribution is -2.46. The number of aromatic carboxylic acids is 1. The molecule has 0 aliphatic rings. The maximum Gasteiger partial charge on any atom is 0.336 e. The number of amides is 2. The number of nitrogens with zero attached hydrogens (tertiary/aromatic N) is 1. The summed E-state index contributed by atoms with van der Waals surface area (Å²) in [5.41, 5.74) is 6.13. The van der Waals surface area contributed by atoms with Crippen LogP contribution in [0.5, 0.6) is 5.75 Å². The first-order valence-electron chi connectivity index (χ1n) is 11.9. The van der Waals surface area contributed by atoms with Gasteiger partial charge in [-0.15, -0.1) is 0 Å². The van der Waals surface area contributed by atoms with Crippen LogP contribution in [0.1, 0.15) is 57.5 Å². The third kappa shape index (κ3) is 6.76. The third-order valence-corrected chi connectivity index (χ3v) is 6.10. The number of carboxylic acids is 1. The molecule has 11 heteroatoms. The predicted molar refractivity (Wildman–Crippen MR) is 146 cm³/mol. The van der Waals surface area contributed by atoms with E-state index in [2.05, 4.69) is 15.6 Å². The summed E-state index contributed by atoms with van der Waals surface area (Å²) in [6.07, 6.45) is 1.35. The number of aromatic nitrogens is 1. The number of hydrogen-bond donors (Lipinski definition) is 6. The molecule has 2 amide bonds. The molecule has 1 heterocycles. The van der Waals surface area contributed by atoms with E-state index in [9.17, 15) is 24.6 Å². The van der Waals surface area contributed by atoms with Gasteiger partial charge in [0.05, 0.1) is 42.8 Å². The molecule has 0 aliphatic carbocycles. The van der Waals surface area contributed by atoms with Crippen molar-refractivity contribution < 1.29 is 29.3 Å². The zero-order valence-electron chi connectivity index (χ0n) is 22.0. The Hall–Kier alpha value is -4.77. The number of ether oxygens (including phenoxy) is 1. The Balaban J connectivity index is 2.02. The van der Waals surface area contributed by atoms with Gasteiger partial charge in [0, 0.05) is 5.56 Å². The van der Waals surface area contributed by atoms with Crippen LogP contribution in [0.15, 0.2) is 54.7 Å². The topological polar surface area (TPSA) is 188 Å². The van der Waals surface area contributed by atoms with Gasteiger partial charge in [0.1, 0.15) is 17.3 Å². The van der Waals surface area contributed by atoms with Gasteiger partial charge in [0.2, 0.25) is 0 Å². The molecular formula is C28H31N5O6. The van der Waals surface area contributed by atoms with Gasteiger partial charge in [-0.05, 0) is 59.0 Å². The number of amidine groups is 1. The maximum atomic E-state index is 13.3. The molecule has 0 fully saturated rings. The zero-order valence-corrected chi connectivity index (χ0v) is 22.0. The fraction of sp³-hybridized carbons (Fsp3) is 0.250. The van der Waals surface area contributed by atoms with Crippen molar-refractivity contribution >= 4 is 29.3 Å². The third-order valence-electron chi connectivity index (χ3n) is 6.10. The van der Waals surface area contributed by atoms with Crippen LogP contribution in [0, 0.1) is 10.8 Å². The number of carboxylic acid groups (broad SMARTS) is 1. The molecule has 0 radical (unpaired) electrons. The molecule has 0 saturated heterocycles. The van der Waals surface area contributed by atoms with Crippen LogP contribution in [-0.4, -0.2) is 58.6 Å². The number of nitrogen functional groups attached to an aromatic ring is 1. The summed E-state index contributed by atoms with van der Waals surface area (Å²) in [5.74, 6) is -2.23. The number of hydrogen-bond acceptors (Lipinski definition) is 7. The van der Waals surface area contributed by atoms with Gasteiger partial charge in [-0.2, -0.15) is 0 Å². The van der Waals surface area contributed by atoms with Crippen molar-refractivity contribution in [2.24, 2.45) is 11.1 Å². The molecule has 2 aromatic carbocycles. The molecule has 3 rings (SSSR count). The van der Waals surface area contributed by atoms with Gasteiger partial charge >= 0.3 is 5.97 Å². The molecule has 0 bridgehead atoms. The standard InChI is InChI=1S/C28H31N5O6/c1-28(2,3)23(14-34)33-25(35)15-5-8-19(21(11-15)27(37)38)18-9-7-17(39-4)12-20(18)26(36)32-16-6-10-22(24(29)30)31-13-16/h5-13,23,34H,14H2,1-4H3,(H3,29,30)(H,32,36)(H,33,35)(H,37,38). The van der Waals surface area contributed by atoms with Crippen molar-refractivity contribution in [1.29, 1.82) is 5.41 Å². The lowest BCUT2D eigenvalue weighted by atomic mass is 9.87. The summed E-state index contributed by atoms with van der Waals surface area (Å²) in [7, 11) is 1.44. The number of carbonyl (C=O) groups is 3. The lowest BCUT2D eigenvalue weighted by molar-refractivity contribution is 0.0697. The Morgan fingerprint density at radius 2 is 1.69 bits per heavy atom. The Morgan fingerprint density at radius 3 is 2.23 bits per heavy atom. The van der Waals surface area contributed by atoms with Crippen molar-refractivity contribution in [2.45, 2.75) is 26.8 Å². The molecule has 0 saturated carbocycles. The van der Waals surface area contributed by atoms with Crippen molar-refractivity contribution in [3.05, 3.63) is 77.1 Å². The first kappa shape index (κ1) is 28.8. The van der Waals surface area contributed by atoms with Crippen LogP contribution in [0.25, 0.3) is 11.1 Å². The van der Waals surface area contributed by atoms with Crippen molar-refractivity contribution in [2.75, 3.05) is 19.0 Å². The number of carbonyl (C=O) groups excluding carboxylic acids is 2. The van der Waals surface area contributed by atoms with Crippen LogP contribution in [0.2, 0.25) is 0 Å². The molecule has 11 nitrogen and oxygen atoms in total. The first-order chi connectivity index (χ1) is 18.3. The second kappa shape index (κ2) is 11.7. The molecule has 1 unspecified atom stereocenters. The predicted octanol–water partition coefficient (Wildman–Crippen LogP) is 3.13. The number of nitrogens with two attached hydrogens (primary N) is 1. The van der Waals surface area contributed by atoms with E-state index in [4.69, 9.17) is 15.9 Å². The SMILES string of the molecule is COc1ccc(-c2ccc(C(=O)NC(CO)C(C)(C)C)cc2C(=O)O)c(C(=O)Nc2ccc(C(=N)N)nc2)c1. The van der Waals surface area contributed by atoms with Gasteiger partial charge in [-0.25, -0.2) is 4.79 Å². The molecular weight excluding hydrogens is 502 g/mol. The van der Waals surface area contributed by atoms with Gasteiger partial charge in [-0.3, -0.25) is 20.0 Å². The fourth-order valence-corrected chi connectivity index (χ4v) is 3.77. The van der Waals surface area contributed by atoms with Gasteiger partial charge in [0.15, 0.2) is 0 Å². The number of anilines is 1. The minimum atomic E-state index is -1.29. The first-order valence-corrected chi connectivity index (χ1v) is 11.9. The van der Waals surface area contributed by atoms with E-state index in [0.717, 1.165) is 0 Å². The van der Waals surface area contributed by atoms with Crippen LogP contribution in [0.3, 0.4) is 0 Å². The van der Waals surface area contributed by atoms with E-state index < -0.39 is 29.2 Å². The molecule has 0 spiro atoms. The Kier molecular flexibility index (Phi) is 8.67. The highest BCUT2D eigenvalue weighted by molar-refractivity contribution is 6.11. The summed E-state index contributed by atoms with van der Waals surface area (Å²) in [4.78, 5) is 42.5. The molecule has 1 aromatic heterocycles. The van der Waals surface area contributed by atoms with Crippen molar-refractivity contribution in [3.63, 3.8) is 0 Å². The fourth-order valence-electron chi connectivity index (χ4n) is 3.77. The van der Waals surface area contributed by atoms with Crippen LogP contribution in [0.4, 0.5) is 5.69 Å². The van der Waals surface area contributed by atoms with E-state index in [-0.39, 0.29) is 40.4 Å². The highest BCUT2D eigenvalue weighted by Gasteiger charge is 2.27. The molecule has 204 valence electrons. The summed E-state index contributed by atoms with van der Waals surface area (Å²) in [5, 5.41) is 32.6. The summed E-state index contributed by atoms with van der Waals surface area (Å²) in [6, 6.07) is 11.3. The number of aliphatic hydroxyl groups is 1. The van der Waals surface area contributed by atoms with E-state index in [0.29, 0.717) is 17.0 Å². The lowest BCUT2D eigenvalue weighted by Gasteiger charge is -2.29. The largest absolute Gasteiger partial charge is 0.497 e. The van der Waals surface area contributed by atoms with E-state index in [1.54, 1.807) is 12.1 Å². The second-order valence-electron chi connectivity index (χ2n) is 9.85. The van der Waals surface area contributed by atoms with Crippen LogP contribution in [-0.2, 0) is 0 Å². The number of nitrogens with one attached hydrogen (secondary N) is 3. The summed E-state index contributed by atoms with van der Waals surface area (Å²) >= 11 is 0. The Labute approximate surface area is 225 Å². The number of benzene rings is 2. The molecule has 1 atom stereocenters. The molecule has 0 aliphatic heterocycles. The number of pyridine rings is 1. The normalized spacial score (nSPS) is 11.8. The minimum absolute atomic E-state index is 0.0926. The number of aliphatic hydroxyl groups excluding tert-OH is 1. The second-order valence-corrected chi connectivity index (χ2v) is 9.85. The maximum absolute atomic E-state index is 13.3. The minimum Gasteiger partial charge on any atom is -0.497 e. The average molecular weight is 534 g/mol. The molecule has 39 heavy (non-hydrogen) atoms. The van der Waals surface area contributed by atoms with Crippen molar-refractivity contribution in [1.82, 2.24) is 10.3 Å². The molecule has 7 N–H and O–H groups in total. The van der Waals surface area contributed by atoms with Crippen LogP contribution < -0.4 is 21.1 Å².